The van der Waals surface area contributed by atoms with Gasteiger partial charge in [0.15, 0.2) is 0 Å². The Morgan fingerprint density at radius 1 is 1.25 bits per heavy atom. The Kier molecular flexibility index (Phi) is 3.62. The summed E-state index contributed by atoms with van der Waals surface area (Å²) in [4.78, 5) is 22.4. The number of carbonyl (C=O) groups excluding carboxylic acids is 2. The highest BCUT2D eigenvalue weighted by molar-refractivity contribution is 5.89. The van der Waals surface area contributed by atoms with E-state index in [1.54, 1.807) is 0 Å². The molecule has 0 saturated heterocycles. The van der Waals surface area contributed by atoms with Crippen molar-refractivity contribution in [3.8, 4) is 0 Å². The molecule has 0 aromatic heterocycles. The number of carbonyl (C=O) groups is 2. The molecule has 0 aromatic rings. The standard InChI is InChI=1S/C10H18O2/c1-7(2)9(12)6-10(4,5)8(3)11/h7H,6H2,1-5H3. The third-order valence-corrected chi connectivity index (χ3v) is 2.21. The van der Waals surface area contributed by atoms with Crippen LogP contribution in [0.25, 0.3) is 0 Å². The maximum absolute atomic E-state index is 11.3. The number of hydrogen-bond acceptors (Lipinski definition) is 2. The van der Waals surface area contributed by atoms with Crippen LogP contribution >= 0.6 is 0 Å². The lowest BCUT2D eigenvalue weighted by atomic mass is 9.81. The first-order valence-corrected chi connectivity index (χ1v) is 4.31. The zero-order valence-corrected chi connectivity index (χ0v) is 8.60. The van der Waals surface area contributed by atoms with E-state index in [0.29, 0.717) is 6.42 Å². The first-order chi connectivity index (χ1) is 5.27. The van der Waals surface area contributed by atoms with Crippen molar-refractivity contribution in [3.05, 3.63) is 0 Å². The van der Waals surface area contributed by atoms with E-state index in [-0.39, 0.29) is 17.5 Å². The summed E-state index contributed by atoms with van der Waals surface area (Å²) in [5.41, 5.74) is -0.485. The van der Waals surface area contributed by atoms with E-state index in [4.69, 9.17) is 0 Å². The fraction of sp³-hybridized carbons (Fsp3) is 0.800. The van der Waals surface area contributed by atoms with Gasteiger partial charge in [-0.3, -0.25) is 9.59 Å². The van der Waals surface area contributed by atoms with Gasteiger partial charge in [-0.25, -0.2) is 0 Å². The van der Waals surface area contributed by atoms with Crippen LogP contribution in [0, 0.1) is 11.3 Å². The molecule has 2 heteroatoms. The number of ketones is 2. The third kappa shape index (κ3) is 3.16. The number of hydrogen-bond donors (Lipinski definition) is 0. The van der Waals surface area contributed by atoms with E-state index in [1.165, 1.54) is 6.92 Å². The van der Waals surface area contributed by atoms with Crippen LogP contribution in [0.2, 0.25) is 0 Å². The molecule has 0 aliphatic rings. The molecule has 0 fully saturated rings. The fourth-order valence-electron chi connectivity index (χ4n) is 0.764. The molecule has 12 heavy (non-hydrogen) atoms. The Hall–Kier alpha value is -0.660. The quantitative estimate of drug-likeness (QED) is 0.648. The summed E-state index contributed by atoms with van der Waals surface area (Å²) >= 11 is 0. The smallest absolute Gasteiger partial charge is 0.136 e. The van der Waals surface area contributed by atoms with Crippen LogP contribution < -0.4 is 0 Å². The minimum absolute atomic E-state index is 0.0311. The van der Waals surface area contributed by atoms with Crippen LogP contribution in [0.4, 0.5) is 0 Å². The van der Waals surface area contributed by atoms with Gasteiger partial charge in [-0.2, -0.15) is 0 Å². The molecule has 70 valence electrons. The topological polar surface area (TPSA) is 34.1 Å². The summed E-state index contributed by atoms with van der Waals surface area (Å²) in [5, 5.41) is 0. The third-order valence-electron chi connectivity index (χ3n) is 2.21. The second-order valence-corrected chi connectivity index (χ2v) is 4.24. The first-order valence-electron chi connectivity index (χ1n) is 4.31. The van der Waals surface area contributed by atoms with E-state index in [9.17, 15) is 9.59 Å². The van der Waals surface area contributed by atoms with E-state index in [1.807, 2.05) is 27.7 Å². The second-order valence-electron chi connectivity index (χ2n) is 4.24. The van der Waals surface area contributed by atoms with Crippen LogP contribution in [0.5, 0.6) is 0 Å². The Labute approximate surface area is 74.3 Å². The molecule has 0 saturated carbocycles. The Morgan fingerprint density at radius 3 is 1.92 bits per heavy atom. The molecule has 2 nitrogen and oxygen atoms in total. The Balaban J connectivity index is 4.25. The van der Waals surface area contributed by atoms with E-state index in [0.717, 1.165) is 0 Å². The Morgan fingerprint density at radius 2 is 1.67 bits per heavy atom. The zero-order valence-electron chi connectivity index (χ0n) is 8.60. The molecular weight excluding hydrogens is 152 g/mol. The molecule has 0 spiro atoms. The van der Waals surface area contributed by atoms with E-state index in [2.05, 4.69) is 0 Å². The molecular formula is C10H18O2. The van der Waals surface area contributed by atoms with Crippen molar-refractivity contribution in [2.45, 2.75) is 41.0 Å². The maximum Gasteiger partial charge on any atom is 0.136 e. The minimum atomic E-state index is -0.485. The highest BCUT2D eigenvalue weighted by Gasteiger charge is 2.27. The lowest BCUT2D eigenvalue weighted by molar-refractivity contribution is -0.132. The van der Waals surface area contributed by atoms with Crippen molar-refractivity contribution in [2.24, 2.45) is 11.3 Å². The van der Waals surface area contributed by atoms with Gasteiger partial charge in [0.1, 0.15) is 11.6 Å². The SMILES string of the molecule is CC(=O)C(C)(C)CC(=O)C(C)C. The predicted molar refractivity (Wildman–Crippen MR) is 48.9 cm³/mol. The summed E-state index contributed by atoms with van der Waals surface area (Å²) in [6, 6.07) is 0. The first kappa shape index (κ1) is 11.3. The molecule has 0 amide bonds. The molecule has 0 radical (unpaired) electrons. The van der Waals surface area contributed by atoms with E-state index >= 15 is 0 Å². The second kappa shape index (κ2) is 3.83. The highest BCUT2D eigenvalue weighted by Crippen LogP contribution is 2.23. The van der Waals surface area contributed by atoms with Gasteiger partial charge in [-0.05, 0) is 6.92 Å². The molecule has 0 N–H and O–H groups in total. The largest absolute Gasteiger partial charge is 0.299 e. The van der Waals surface area contributed by atoms with Crippen LogP contribution in [0.15, 0.2) is 0 Å². The molecule has 0 unspecified atom stereocenters. The number of Topliss-reactive ketones (excluding diaryl/α,β-unsaturated/α-hetero) is 2. The fourth-order valence-corrected chi connectivity index (χ4v) is 0.764. The normalized spacial score (nSPS) is 11.8. The monoisotopic (exact) mass is 170 g/mol. The highest BCUT2D eigenvalue weighted by atomic mass is 16.1. The van der Waals surface area contributed by atoms with Gasteiger partial charge in [0, 0.05) is 17.8 Å². The van der Waals surface area contributed by atoms with Crippen molar-refractivity contribution < 1.29 is 9.59 Å². The average molecular weight is 170 g/mol. The molecule has 0 aliphatic carbocycles. The minimum Gasteiger partial charge on any atom is -0.299 e. The summed E-state index contributed by atoms with van der Waals surface area (Å²) in [5.74, 6) is 0.273. The van der Waals surface area contributed by atoms with Gasteiger partial charge in [-0.15, -0.1) is 0 Å². The van der Waals surface area contributed by atoms with Crippen molar-refractivity contribution >= 4 is 11.6 Å². The average Bonchev–Trinajstić information content (AvgIpc) is 1.85. The van der Waals surface area contributed by atoms with Gasteiger partial charge in [-0.1, -0.05) is 27.7 Å². The number of rotatable bonds is 4. The molecule has 0 atom stereocenters. The molecule has 0 heterocycles. The van der Waals surface area contributed by atoms with Crippen LogP contribution in [-0.4, -0.2) is 11.6 Å². The van der Waals surface area contributed by atoms with Gasteiger partial charge < -0.3 is 0 Å². The Bertz CT molecular complexity index is 190. The maximum atomic E-state index is 11.3. The lowest BCUT2D eigenvalue weighted by Crippen LogP contribution is -2.26. The summed E-state index contributed by atoms with van der Waals surface area (Å²) < 4.78 is 0. The van der Waals surface area contributed by atoms with Crippen molar-refractivity contribution in [1.29, 1.82) is 0 Å². The van der Waals surface area contributed by atoms with Crippen LogP contribution in [-0.2, 0) is 9.59 Å². The summed E-state index contributed by atoms with van der Waals surface area (Å²) in [6.45, 7) is 8.88. The summed E-state index contributed by atoms with van der Waals surface area (Å²) in [7, 11) is 0. The zero-order chi connectivity index (χ0) is 9.94. The van der Waals surface area contributed by atoms with Crippen molar-refractivity contribution in [1.82, 2.24) is 0 Å². The molecule has 0 bridgehead atoms. The molecule has 0 rings (SSSR count). The van der Waals surface area contributed by atoms with Gasteiger partial charge in [0.05, 0.1) is 0 Å². The van der Waals surface area contributed by atoms with Crippen molar-refractivity contribution in [3.63, 3.8) is 0 Å². The van der Waals surface area contributed by atoms with Crippen molar-refractivity contribution in [2.75, 3.05) is 0 Å². The summed E-state index contributed by atoms with van der Waals surface area (Å²) in [6.07, 6.45) is 0.361. The molecule has 0 aromatic carbocycles. The predicted octanol–water partition coefficient (Wildman–Crippen LogP) is 2.22. The lowest BCUT2D eigenvalue weighted by Gasteiger charge is -2.20. The van der Waals surface area contributed by atoms with Crippen LogP contribution in [0.1, 0.15) is 41.0 Å². The van der Waals surface area contributed by atoms with Gasteiger partial charge in [0.2, 0.25) is 0 Å². The molecule has 0 aliphatic heterocycles. The van der Waals surface area contributed by atoms with Crippen LogP contribution in [0.3, 0.4) is 0 Å². The van der Waals surface area contributed by atoms with Gasteiger partial charge in [0.25, 0.3) is 0 Å². The van der Waals surface area contributed by atoms with Gasteiger partial charge >= 0.3 is 0 Å². The van der Waals surface area contributed by atoms with E-state index < -0.39 is 5.41 Å².